The Morgan fingerprint density at radius 1 is 0.750 bits per heavy atom. The van der Waals surface area contributed by atoms with Crippen molar-refractivity contribution in [3.63, 3.8) is 0 Å². The molecule has 28 heavy (non-hydrogen) atoms. The van der Waals surface area contributed by atoms with Gasteiger partial charge in [-0.05, 0) is 57.9 Å². The lowest BCUT2D eigenvalue weighted by molar-refractivity contribution is 0.483. The van der Waals surface area contributed by atoms with Gasteiger partial charge in [0, 0.05) is 21.9 Å². The summed E-state index contributed by atoms with van der Waals surface area (Å²) >= 11 is 3.20. The highest BCUT2D eigenvalue weighted by Gasteiger charge is 2.15. The summed E-state index contributed by atoms with van der Waals surface area (Å²) in [6.45, 7) is 0. The van der Waals surface area contributed by atoms with E-state index in [1.807, 2.05) is 39.7 Å². The van der Waals surface area contributed by atoms with Crippen LogP contribution >= 0.6 is 22.7 Å². The number of nitrogens with zero attached hydrogens (tertiary/aromatic N) is 2. The van der Waals surface area contributed by atoms with Gasteiger partial charge in [-0.25, -0.2) is 9.97 Å². The fraction of sp³-hybridized carbons (Fsp3) is 0. The van der Waals surface area contributed by atoms with Crippen molar-refractivity contribution in [2.45, 2.75) is 4.90 Å². The molecule has 0 aliphatic heterocycles. The maximum atomic E-state index is 11.5. The number of hydrogen-bond acceptors (Lipinski definition) is 6. The van der Waals surface area contributed by atoms with Crippen LogP contribution in [-0.4, -0.2) is 22.9 Å². The molecule has 0 fully saturated rings. The third-order valence-electron chi connectivity index (χ3n) is 4.48. The topological polar surface area (TPSA) is 80.2 Å². The molecule has 5 aromatic rings. The monoisotopic (exact) mass is 424 g/mol. The Morgan fingerprint density at radius 3 is 1.82 bits per heavy atom. The number of rotatable bonds is 3. The van der Waals surface area contributed by atoms with Crippen molar-refractivity contribution in [3.05, 3.63) is 64.0 Å². The molecule has 0 unspecified atom stereocenters. The predicted octanol–water partition coefficient (Wildman–Crippen LogP) is 5.49. The van der Waals surface area contributed by atoms with Crippen LogP contribution in [0.2, 0.25) is 0 Å². The van der Waals surface area contributed by atoms with E-state index < -0.39 is 10.1 Å². The van der Waals surface area contributed by atoms with Crippen molar-refractivity contribution >= 4 is 54.6 Å². The van der Waals surface area contributed by atoms with Gasteiger partial charge >= 0.3 is 0 Å². The van der Waals surface area contributed by atoms with E-state index in [0.717, 1.165) is 33.4 Å². The number of benzene rings is 2. The van der Waals surface area contributed by atoms with Gasteiger partial charge in [0.05, 0.1) is 27.3 Å². The summed E-state index contributed by atoms with van der Waals surface area (Å²) in [5, 5.41) is 9.59. The lowest BCUT2D eigenvalue weighted by atomic mass is 10.1. The standard InChI is InChI=1S/C20H12N2O3S3/c23-28(24,25)16-2-1-12-8-17-18(9-15(12)7-16)22-20(14-4-6-27-11-14)19(21-17)13-3-5-26-10-13/h1-11H,(H,23,24,25). The first-order valence-electron chi connectivity index (χ1n) is 8.27. The van der Waals surface area contributed by atoms with Crippen molar-refractivity contribution in [1.29, 1.82) is 0 Å². The molecule has 0 aliphatic carbocycles. The Kier molecular flexibility index (Phi) is 4.02. The van der Waals surface area contributed by atoms with Crippen LogP contribution in [0.1, 0.15) is 0 Å². The predicted molar refractivity (Wildman–Crippen MR) is 113 cm³/mol. The van der Waals surface area contributed by atoms with E-state index >= 15 is 0 Å². The van der Waals surface area contributed by atoms with E-state index in [1.54, 1.807) is 34.8 Å². The summed E-state index contributed by atoms with van der Waals surface area (Å²) in [5.41, 5.74) is 5.01. The Balaban J connectivity index is 1.81. The Morgan fingerprint density at radius 2 is 1.32 bits per heavy atom. The third-order valence-corrected chi connectivity index (χ3v) is 6.70. The zero-order chi connectivity index (χ0) is 19.3. The molecule has 3 heterocycles. The van der Waals surface area contributed by atoms with E-state index in [0.29, 0.717) is 10.9 Å². The molecule has 1 N–H and O–H groups in total. The average Bonchev–Trinajstić information content (AvgIpc) is 3.37. The molecule has 0 amide bonds. The third kappa shape index (κ3) is 3.00. The first kappa shape index (κ1) is 17.4. The summed E-state index contributed by atoms with van der Waals surface area (Å²) in [5.74, 6) is 0. The molecule has 0 spiro atoms. The van der Waals surface area contributed by atoms with Crippen LogP contribution in [0.25, 0.3) is 44.3 Å². The quantitative estimate of drug-likeness (QED) is 0.306. The van der Waals surface area contributed by atoms with E-state index in [9.17, 15) is 13.0 Å². The molecule has 0 aliphatic rings. The van der Waals surface area contributed by atoms with Crippen LogP contribution in [0.15, 0.2) is 68.9 Å². The Bertz CT molecular complexity index is 1430. The van der Waals surface area contributed by atoms with E-state index in [-0.39, 0.29) is 4.90 Å². The molecule has 5 nitrogen and oxygen atoms in total. The van der Waals surface area contributed by atoms with Gasteiger partial charge in [0.1, 0.15) is 0 Å². The molecule has 0 radical (unpaired) electrons. The van der Waals surface area contributed by atoms with Crippen molar-refractivity contribution in [3.8, 4) is 22.5 Å². The molecular formula is C20H12N2O3S3. The van der Waals surface area contributed by atoms with Gasteiger partial charge in [-0.2, -0.15) is 31.1 Å². The minimum absolute atomic E-state index is 0.139. The molecule has 138 valence electrons. The molecule has 0 saturated carbocycles. The van der Waals surface area contributed by atoms with Crippen LogP contribution in [0.3, 0.4) is 0 Å². The SMILES string of the molecule is O=S(=O)(O)c1ccc2cc3nc(-c4ccsc4)c(-c4ccsc4)nc3cc2c1. The van der Waals surface area contributed by atoms with Crippen LogP contribution in [0, 0.1) is 0 Å². The summed E-state index contributed by atoms with van der Waals surface area (Å²) in [6.07, 6.45) is 0. The Hall–Kier alpha value is -2.65. The normalized spacial score (nSPS) is 12.0. The number of aromatic nitrogens is 2. The van der Waals surface area contributed by atoms with Gasteiger partial charge in [-0.15, -0.1) is 0 Å². The first-order chi connectivity index (χ1) is 13.5. The van der Waals surface area contributed by atoms with Crippen molar-refractivity contribution in [1.82, 2.24) is 9.97 Å². The number of thiophene rings is 2. The van der Waals surface area contributed by atoms with Gasteiger partial charge in [0.25, 0.3) is 10.1 Å². The molecule has 3 aromatic heterocycles. The highest BCUT2D eigenvalue weighted by Crippen LogP contribution is 2.34. The Labute approximate surface area is 168 Å². The van der Waals surface area contributed by atoms with Crippen molar-refractivity contribution in [2.24, 2.45) is 0 Å². The van der Waals surface area contributed by atoms with Gasteiger partial charge in [0.15, 0.2) is 0 Å². The fourth-order valence-corrected chi connectivity index (χ4v) is 4.94. The summed E-state index contributed by atoms with van der Waals surface area (Å²) < 4.78 is 32.2. The second kappa shape index (κ2) is 6.46. The van der Waals surface area contributed by atoms with Crippen LogP contribution < -0.4 is 0 Å². The largest absolute Gasteiger partial charge is 0.294 e. The minimum Gasteiger partial charge on any atom is -0.282 e. The second-order valence-corrected chi connectivity index (χ2v) is 9.25. The van der Waals surface area contributed by atoms with Gasteiger partial charge < -0.3 is 0 Å². The lowest BCUT2D eigenvalue weighted by Crippen LogP contribution is -1.98. The summed E-state index contributed by atoms with van der Waals surface area (Å²) in [7, 11) is -4.26. The second-order valence-electron chi connectivity index (χ2n) is 6.27. The molecular weight excluding hydrogens is 412 g/mol. The summed E-state index contributed by atoms with van der Waals surface area (Å²) in [4.78, 5) is 9.59. The van der Waals surface area contributed by atoms with E-state index in [4.69, 9.17) is 9.97 Å². The minimum atomic E-state index is -4.26. The zero-order valence-corrected chi connectivity index (χ0v) is 16.7. The van der Waals surface area contributed by atoms with E-state index in [1.165, 1.54) is 12.1 Å². The van der Waals surface area contributed by atoms with Crippen molar-refractivity contribution < 1.29 is 13.0 Å². The molecule has 0 atom stereocenters. The molecule has 0 bridgehead atoms. The molecule has 8 heteroatoms. The number of hydrogen-bond donors (Lipinski definition) is 1. The highest BCUT2D eigenvalue weighted by atomic mass is 32.2. The maximum Gasteiger partial charge on any atom is 0.294 e. The van der Waals surface area contributed by atoms with Crippen LogP contribution in [0.4, 0.5) is 0 Å². The average molecular weight is 425 g/mol. The maximum absolute atomic E-state index is 11.5. The molecule has 5 rings (SSSR count). The smallest absolute Gasteiger partial charge is 0.282 e. The summed E-state index contributed by atoms with van der Waals surface area (Å²) in [6, 6.07) is 12.2. The lowest BCUT2D eigenvalue weighted by Gasteiger charge is -2.09. The molecule has 0 saturated heterocycles. The van der Waals surface area contributed by atoms with Crippen LogP contribution in [0.5, 0.6) is 0 Å². The van der Waals surface area contributed by atoms with Gasteiger partial charge in [-0.3, -0.25) is 4.55 Å². The zero-order valence-electron chi connectivity index (χ0n) is 14.2. The van der Waals surface area contributed by atoms with E-state index in [2.05, 4.69) is 0 Å². The van der Waals surface area contributed by atoms with Crippen LogP contribution in [-0.2, 0) is 10.1 Å². The fourth-order valence-electron chi connectivity index (χ4n) is 3.14. The highest BCUT2D eigenvalue weighted by molar-refractivity contribution is 7.85. The first-order valence-corrected chi connectivity index (χ1v) is 11.6. The van der Waals surface area contributed by atoms with Gasteiger partial charge in [-0.1, -0.05) is 6.07 Å². The van der Waals surface area contributed by atoms with Crippen molar-refractivity contribution in [2.75, 3.05) is 0 Å². The number of fused-ring (bicyclic) bond motifs is 2. The molecule has 2 aromatic carbocycles. The van der Waals surface area contributed by atoms with Gasteiger partial charge in [0.2, 0.25) is 0 Å².